The van der Waals surface area contributed by atoms with E-state index in [2.05, 4.69) is 26.8 Å². The van der Waals surface area contributed by atoms with E-state index in [4.69, 9.17) is 21.1 Å². The summed E-state index contributed by atoms with van der Waals surface area (Å²) in [6, 6.07) is 12.3. The van der Waals surface area contributed by atoms with Crippen LogP contribution in [0.25, 0.3) is 0 Å². The molecule has 0 aliphatic rings. The standard InChI is InChI=1S/C18H18BrClN2O4/c1-11-3-6-14(7-4-11)26-12(2)18(24)22-21-17(23)10-25-16-8-5-13(19)9-15(16)20/h3-9,12H,10H2,1-2H3,(H,21,23)(H,22,24). The van der Waals surface area contributed by atoms with Gasteiger partial charge in [0.15, 0.2) is 12.7 Å². The van der Waals surface area contributed by atoms with Crippen molar-refractivity contribution in [3.05, 3.63) is 57.5 Å². The van der Waals surface area contributed by atoms with Crippen molar-refractivity contribution >= 4 is 39.3 Å². The highest BCUT2D eigenvalue weighted by Crippen LogP contribution is 2.27. The van der Waals surface area contributed by atoms with Crippen LogP contribution in [0.4, 0.5) is 0 Å². The van der Waals surface area contributed by atoms with Crippen molar-refractivity contribution in [3.63, 3.8) is 0 Å². The minimum atomic E-state index is -0.778. The number of ether oxygens (including phenoxy) is 2. The van der Waals surface area contributed by atoms with Gasteiger partial charge in [0.05, 0.1) is 5.02 Å². The van der Waals surface area contributed by atoms with Crippen LogP contribution < -0.4 is 20.3 Å². The molecular formula is C18H18BrClN2O4. The van der Waals surface area contributed by atoms with Crippen molar-refractivity contribution in [2.45, 2.75) is 20.0 Å². The number of nitrogens with one attached hydrogen (secondary N) is 2. The molecule has 2 N–H and O–H groups in total. The van der Waals surface area contributed by atoms with Crippen molar-refractivity contribution in [2.75, 3.05) is 6.61 Å². The maximum atomic E-state index is 12.0. The van der Waals surface area contributed by atoms with Crippen LogP contribution in [0, 0.1) is 6.92 Å². The minimum absolute atomic E-state index is 0.297. The molecular weight excluding hydrogens is 424 g/mol. The van der Waals surface area contributed by atoms with Gasteiger partial charge in [-0.3, -0.25) is 20.4 Å². The first-order valence-corrected chi connectivity index (χ1v) is 8.92. The number of carbonyl (C=O) groups is 2. The number of aryl methyl sites for hydroxylation is 1. The summed E-state index contributed by atoms with van der Waals surface area (Å²) in [7, 11) is 0. The van der Waals surface area contributed by atoms with Crippen molar-refractivity contribution in [2.24, 2.45) is 0 Å². The topological polar surface area (TPSA) is 76.7 Å². The van der Waals surface area contributed by atoms with Gasteiger partial charge in [-0.2, -0.15) is 0 Å². The summed E-state index contributed by atoms with van der Waals surface area (Å²) in [5, 5.41) is 0.372. The van der Waals surface area contributed by atoms with Crippen LogP contribution in [0.15, 0.2) is 46.9 Å². The highest BCUT2D eigenvalue weighted by molar-refractivity contribution is 9.10. The smallest absolute Gasteiger partial charge is 0.279 e. The number of benzene rings is 2. The largest absolute Gasteiger partial charge is 0.482 e. The Kier molecular flexibility index (Phi) is 7.29. The molecule has 1 unspecified atom stereocenters. The van der Waals surface area contributed by atoms with Gasteiger partial charge in [-0.25, -0.2) is 0 Å². The van der Waals surface area contributed by atoms with Gasteiger partial charge in [-0.05, 0) is 44.2 Å². The molecule has 0 heterocycles. The number of amides is 2. The molecule has 0 aliphatic heterocycles. The lowest BCUT2D eigenvalue weighted by molar-refractivity contribution is -0.133. The first kappa shape index (κ1) is 20.1. The fourth-order valence-corrected chi connectivity index (χ4v) is 2.61. The second-order valence-corrected chi connectivity index (χ2v) is 6.80. The van der Waals surface area contributed by atoms with Gasteiger partial charge in [0, 0.05) is 4.47 Å². The predicted octanol–water partition coefficient (Wildman–Crippen LogP) is 3.40. The highest BCUT2D eigenvalue weighted by atomic mass is 79.9. The molecule has 2 aromatic carbocycles. The molecule has 2 aromatic rings. The summed E-state index contributed by atoms with van der Waals surface area (Å²) in [5.41, 5.74) is 5.64. The van der Waals surface area contributed by atoms with Gasteiger partial charge >= 0.3 is 0 Å². The molecule has 0 aliphatic carbocycles. The van der Waals surface area contributed by atoms with Crippen LogP contribution in [-0.4, -0.2) is 24.5 Å². The lowest BCUT2D eigenvalue weighted by Crippen LogP contribution is -2.48. The summed E-state index contributed by atoms with van der Waals surface area (Å²) in [4.78, 5) is 23.7. The Balaban J connectivity index is 1.75. The van der Waals surface area contributed by atoms with Gasteiger partial charge in [0.2, 0.25) is 0 Å². The van der Waals surface area contributed by atoms with Gasteiger partial charge in [-0.1, -0.05) is 45.2 Å². The molecule has 0 spiro atoms. The summed E-state index contributed by atoms with van der Waals surface area (Å²) in [6.45, 7) is 3.24. The molecule has 8 heteroatoms. The summed E-state index contributed by atoms with van der Waals surface area (Å²) in [5.74, 6) is -0.0781. The number of hydrogen-bond donors (Lipinski definition) is 2. The van der Waals surface area contributed by atoms with Crippen LogP contribution >= 0.6 is 27.5 Å². The molecule has 0 aromatic heterocycles. The average molecular weight is 442 g/mol. The maximum Gasteiger partial charge on any atom is 0.279 e. The van der Waals surface area contributed by atoms with Gasteiger partial charge < -0.3 is 9.47 Å². The zero-order chi connectivity index (χ0) is 19.1. The predicted molar refractivity (Wildman–Crippen MR) is 102 cm³/mol. The Morgan fingerprint density at radius 2 is 1.85 bits per heavy atom. The minimum Gasteiger partial charge on any atom is -0.482 e. The van der Waals surface area contributed by atoms with Crippen LogP contribution in [0.5, 0.6) is 11.5 Å². The number of hydrogen-bond acceptors (Lipinski definition) is 4. The molecule has 0 bridgehead atoms. The molecule has 138 valence electrons. The van der Waals surface area contributed by atoms with E-state index >= 15 is 0 Å². The Hall–Kier alpha value is -2.25. The van der Waals surface area contributed by atoms with E-state index in [9.17, 15) is 9.59 Å². The first-order valence-electron chi connectivity index (χ1n) is 7.75. The fraction of sp³-hybridized carbons (Fsp3) is 0.222. The van der Waals surface area contributed by atoms with Crippen LogP contribution in [-0.2, 0) is 9.59 Å². The zero-order valence-corrected chi connectivity index (χ0v) is 16.6. The second-order valence-electron chi connectivity index (χ2n) is 5.47. The Morgan fingerprint density at radius 3 is 2.50 bits per heavy atom. The maximum absolute atomic E-state index is 12.0. The third kappa shape index (κ3) is 6.24. The Labute approximate surface area is 164 Å². The third-order valence-corrected chi connectivity index (χ3v) is 4.07. The van der Waals surface area contributed by atoms with Gasteiger partial charge in [0.1, 0.15) is 11.5 Å². The molecule has 0 saturated heterocycles. The highest BCUT2D eigenvalue weighted by Gasteiger charge is 2.15. The van der Waals surface area contributed by atoms with Crippen LogP contribution in [0.2, 0.25) is 5.02 Å². The molecule has 2 amide bonds. The van der Waals surface area contributed by atoms with E-state index < -0.39 is 17.9 Å². The van der Waals surface area contributed by atoms with Crippen molar-refractivity contribution in [1.29, 1.82) is 0 Å². The molecule has 26 heavy (non-hydrogen) atoms. The van der Waals surface area contributed by atoms with E-state index in [0.29, 0.717) is 16.5 Å². The fourth-order valence-electron chi connectivity index (χ4n) is 1.88. The van der Waals surface area contributed by atoms with Crippen LogP contribution in [0.3, 0.4) is 0 Å². The molecule has 0 fully saturated rings. The quantitative estimate of drug-likeness (QED) is 0.674. The number of halogens is 2. The lowest BCUT2D eigenvalue weighted by Gasteiger charge is -2.15. The number of hydrazine groups is 1. The Morgan fingerprint density at radius 1 is 1.15 bits per heavy atom. The summed E-state index contributed by atoms with van der Waals surface area (Å²) < 4.78 is 11.6. The molecule has 1 atom stereocenters. The SMILES string of the molecule is Cc1ccc(OC(C)C(=O)NNC(=O)COc2ccc(Br)cc2Cl)cc1. The van der Waals surface area contributed by atoms with E-state index in [1.165, 1.54) is 0 Å². The number of carbonyl (C=O) groups excluding carboxylic acids is 2. The normalized spacial score (nSPS) is 11.4. The first-order chi connectivity index (χ1) is 12.3. The molecule has 6 nitrogen and oxygen atoms in total. The summed E-state index contributed by atoms with van der Waals surface area (Å²) >= 11 is 9.27. The van der Waals surface area contributed by atoms with E-state index in [0.717, 1.165) is 10.0 Å². The van der Waals surface area contributed by atoms with Crippen LogP contribution in [0.1, 0.15) is 12.5 Å². The van der Waals surface area contributed by atoms with Crippen molar-refractivity contribution in [1.82, 2.24) is 10.9 Å². The van der Waals surface area contributed by atoms with Crippen molar-refractivity contribution < 1.29 is 19.1 Å². The van der Waals surface area contributed by atoms with Gasteiger partial charge in [-0.15, -0.1) is 0 Å². The number of rotatable bonds is 6. The monoisotopic (exact) mass is 440 g/mol. The van der Waals surface area contributed by atoms with E-state index in [-0.39, 0.29) is 6.61 Å². The Bertz CT molecular complexity index is 783. The second kappa shape index (κ2) is 9.45. The van der Waals surface area contributed by atoms with E-state index in [1.54, 1.807) is 37.3 Å². The molecule has 0 saturated carbocycles. The molecule has 0 radical (unpaired) electrons. The van der Waals surface area contributed by atoms with Gasteiger partial charge in [0.25, 0.3) is 11.8 Å². The average Bonchev–Trinajstić information content (AvgIpc) is 2.60. The molecule has 2 rings (SSSR count). The lowest BCUT2D eigenvalue weighted by atomic mass is 10.2. The van der Waals surface area contributed by atoms with Crippen molar-refractivity contribution in [3.8, 4) is 11.5 Å². The third-order valence-electron chi connectivity index (χ3n) is 3.28. The zero-order valence-electron chi connectivity index (χ0n) is 14.2. The van der Waals surface area contributed by atoms with E-state index in [1.807, 2.05) is 19.1 Å². The summed E-state index contributed by atoms with van der Waals surface area (Å²) in [6.07, 6.45) is -0.778.